The van der Waals surface area contributed by atoms with Gasteiger partial charge in [0, 0.05) is 25.0 Å². The first-order valence-electron chi connectivity index (χ1n) is 18.5. The van der Waals surface area contributed by atoms with Crippen molar-refractivity contribution < 1.29 is 28.8 Å². The lowest BCUT2D eigenvalue weighted by molar-refractivity contribution is -0.145. The van der Waals surface area contributed by atoms with Gasteiger partial charge in [-0.15, -0.1) is 0 Å². The Hall–Kier alpha value is -3.90. The van der Waals surface area contributed by atoms with Crippen molar-refractivity contribution in [1.29, 1.82) is 0 Å². The second-order valence-corrected chi connectivity index (χ2v) is 14.6. The average Bonchev–Trinajstić information content (AvgIpc) is 3.69. The number of amides is 5. The molecule has 1 aromatic rings. The van der Waals surface area contributed by atoms with Crippen LogP contribution >= 0.6 is 0 Å². The predicted octanol–water partition coefficient (Wildman–Crippen LogP) is 2.45. The number of nitrogens with one attached hydrogen (secondary N) is 4. The van der Waals surface area contributed by atoms with Crippen LogP contribution in [0.2, 0.25) is 0 Å². The molecular weight excluding hydrogens is 626 g/mol. The van der Waals surface area contributed by atoms with Gasteiger partial charge in [-0.1, -0.05) is 59.3 Å². The third-order valence-corrected chi connectivity index (χ3v) is 11.1. The van der Waals surface area contributed by atoms with E-state index in [0.29, 0.717) is 25.8 Å². The zero-order valence-electron chi connectivity index (χ0n) is 29.1. The Bertz CT molecular complexity index is 1360. The van der Waals surface area contributed by atoms with Crippen molar-refractivity contribution >= 4 is 35.3 Å². The van der Waals surface area contributed by atoms with E-state index in [9.17, 15) is 28.8 Å². The van der Waals surface area contributed by atoms with E-state index in [-0.39, 0.29) is 41.3 Å². The summed E-state index contributed by atoms with van der Waals surface area (Å²) in [5, 5.41) is 11.5. The molecule has 4 fully saturated rings. The molecule has 268 valence electrons. The molecule has 13 heteroatoms. The number of hydrogen-bond donors (Lipinski definition) is 4. The molecule has 0 aromatic carbocycles. The van der Waals surface area contributed by atoms with Crippen molar-refractivity contribution in [2.24, 2.45) is 23.7 Å². The number of Topliss-reactive ketones (excluding diaryl/α,β-unsaturated/α-hetero) is 1. The first kappa shape index (κ1) is 36.4. The Morgan fingerprint density at radius 1 is 0.898 bits per heavy atom. The van der Waals surface area contributed by atoms with Crippen LogP contribution in [0.25, 0.3) is 0 Å². The van der Waals surface area contributed by atoms with Crippen molar-refractivity contribution in [3.8, 4) is 0 Å². The molecule has 13 nitrogen and oxygen atoms in total. The minimum Gasteiger partial charge on any atom is -0.347 e. The Balaban J connectivity index is 1.35. The van der Waals surface area contributed by atoms with Crippen molar-refractivity contribution in [2.45, 2.75) is 134 Å². The van der Waals surface area contributed by atoms with Crippen molar-refractivity contribution in [3.05, 3.63) is 24.3 Å². The van der Waals surface area contributed by atoms with Gasteiger partial charge in [-0.05, 0) is 68.6 Å². The highest BCUT2D eigenvalue weighted by Gasteiger charge is 2.51. The fourth-order valence-corrected chi connectivity index (χ4v) is 7.93. The van der Waals surface area contributed by atoms with E-state index in [0.717, 1.165) is 64.2 Å². The Morgan fingerprint density at radius 2 is 1.65 bits per heavy atom. The van der Waals surface area contributed by atoms with E-state index in [4.69, 9.17) is 0 Å². The van der Waals surface area contributed by atoms with Crippen LogP contribution in [0.5, 0.6) is 0 Å². The standard InChI is InChI=1S/C36H53N7O6/c1-4-10-26(31(44)35(48)39-24-15-16-24)40-34(47)30-25-14-9-13-23(25)20-43(30)36(49)28(21(3)5-2)41-33(46)29(22-11-7-6-8-12-22)42-32(45)27-19-37-17-18-38-27/h17-19,21-26,28-30H,4-16,20H2,1-3H3,(H,39,48)(H,40,47)(H,41,46)(H,42,45)/t21?,23-,25?,26+,28-,29+,30-/m0/s1. The number of carbonyl (C=O) groups excluding carboxylic acids is 6. The van der Waals surface area contributed by atoms with Gasteiger partial charge in [-0.3, -0.25) is 33.8 Å². The van der Waals surface area contributed by atoms with E-state index in [1.54, 1.807) is 4.90 Å². The van der Waals surface area contributed by atoms with Crippen LogP contribution in [-0.2, 0) is 24.0 Å². The number of nitrogens with zero attached hydrogens (tertiary/aromatic N) is 3. The van der Waals surface area contributed by atoms with Gasteiger partial charge in [0.05, 0.1) is 12.2 Å². The zero-order chi connectivity index (χ0) is 35.1. The van der Waals surface area contributed by atoms with E-state index in [1.807, 2.05) is 20.8 Å². The number of ketones is 1. The lowest BCUT2D eigenvalue weighted by Gasteiger charge is -2.35. The third kappa shape index (κ3) is 8.83. The molecule has 3 saturated carbocycles. The number of rotatable bonds is 15. The van der Waals surface area contributed by atoms with E-state index >= 15 is 0 Å². The molecule has 4 aliphatic rings. The van der Waals surface area contributed by atoms with Gasteiger partial charge in [0.15, 0.2) is 0 Å². The molecule has 3 aliphatic carbocycles. The number of hydrogen-bond acceptors (Lipinski definition) is 8. The Labute approximate surface area is 288 Å². The minimum atomic E-state index is -0.979. The fourth-order valence-electron chi connectivity index (χ4n) is 7.93. The molecule has 0 spiro atoms. The maximum atomic E-state index is 14.5. The maximum Gasteiger partial charge on any atom is 0.289 e. The van der Waals surface area contributed by atoms with Crippen LogP contribution in [0.3, 0.4) is 0 Å². The van der Waals surface area contributed by atoms with Crippen molar-refractivity contribution in [3.63, 3.8) is 0 Å². The van der Waals surface area contributed by atoms with Gasteiger partial charge in [0.25, 0.3) is 11.8 Å². The van der Waals surface area contributed by atoms with Crippen LogP contribution in [0, 0.1) is 23.7 Å². The zero-order valence-corrected chi connectivity index (χ0v) is 29.1. The SMILES string of the molecule is CCC[C@@H](NC(=O)[C@@H]1C2CCC[C@H]2CN1C(=O)[C@@H](NC(=O)[C@H](NC(=O)c1cnccn1)C1CCCCC1)C(C)CC)C(=O)C(=O)NC1CC1. The number of carbonyl (C=O) groups is 6. The van der Waals surface area contributed by atoms with Gasteiger partial charge >= 0.3 is 0 Å². The minimum absolute atomic E-state index is 0.0161. The lowest BCUT2D eigenvalue weighted by Crippen LogP contribution is -2.61. The predicted molar refractivity (Wildman–Crippen MR) is 181 cm³/mol. The van der Waals surface area contributed by atoms with Crippen LogP contribution in [0.4, 0.5) is 0 Å². The third-order valence-electron chi connectivity index (χ3n) is 11.1. The summed E-state index contributed by atoms with van der Waals surface area (Å²) in [4.78, 5) is 91.3. The maximum absolute atomic E-state index is 14.5. The summed E-state index contributed by atoms with van der Waals surface area (Å²) >= 11 is 0. The van der Waals surface area contributed by atoms with Crippen LogP contribution in [0.1, 0.15) is 115 Å². The first-order chi connectivity index (χ1) is 23.6. The summed E-state index contributed by atoms with van der Waals surface area (Å²) in [5.41, 5.74) is 0.105. The molecule has 5 rings (SSSR count). The molecule has 2 unspecified atom stereocenters. The largest absolute Gasteiger partial charge is 0.347 e. The number of likely N-dealkylation sites (tertiary alicyclic amines) is 1. The Morgan fingerprint density at radius 3 is 2.31 bits per heavy atom. The van der Waals surface area contributed by atoms with Gasteiger partial charge < -0.3 is 26.2 Å². The molecular formula is C36H53N7O6. The van der Waals surface area contributed by atoms with E-state index in [1.165, 1.54) is 18.6 Å². The van der Waals surface area contributed by atoms with Gasteiger partial charge in [0.2, 0.25) is 23.5 Å². The number of fused-ring (bicyclic) bond motifs is 1. The summed E-state index contributed by atoms with van der Waals surface area (Å²) in [6.07, 6.45) is 14.5. The molecule has 4 N–H and O–H groups in total. The first-order valence-corrected chi connectivity index (χ1v) is 18.5. The van der Waals surface area contributed by atoms with Crippen LogP contribution in [0.15, 0.2) is 18.6 Å². The van der Waals surface area contributed by atoms with Gasteiger partial charge in [-0.2, -0.15) is 0 Å². The Kier molecular flexibility index (Phi) is 12.4. The summed E-state index contributed by atoms with van der Waals surface area (Å²) in [7, 11) is 0. The molecule has 5 amide bonds. The molecule has 0 bridgehead atoms. The fraction of sp³-hybridized carbons (Fsp3) is 0.722. The van der Waals surface area contributed by atoms with Crippen LogP contribution < -0.4 is 21.3 Å². The van der Waals surface area contributed by atoms with Crippen molar-refractivity contribution in [2.75, 3.05) is 6.54 Å². The monoisotopic (exact) mass is 679 g/mol. The molecule has 0 radical (unpaired) electrons. The summed E-state index contributed by atoms with van der Waals surface area (Å²) in [6.45, 7) is 6.12. The molecule has 1 aliphatic heterocycles. The molecule has 1 saturated heterocycles. The average molecular weight is 680 g/mol. The summed E-state index contributed by atoms with van der Waals surface area (Å²) < 4.78 is 0. The second-order valence-electron chi connectivity index (χ2n) is 14.6. The molecule has 2 heterocycles. The highest BCUT2D eigenvalue weighted by molar-refractivity contribution is 6.38. The smallest absolute Gasteiger partial charge is 0.289 e. The molecule has 1 aromatic heterocycles. The second kappa shape index (κ2) is 16.7. The highest BCUT2D eigenvalue weighted by Crippen LogP contribution is 2.43. The van der Waals surface area contributed by atoms with Crippen molar-refractivity contribution in [1.82, 2.24) is 36.1 Å². The normalized spacial score (nSPS) is 24.6. The molecule has 7 atom stereocenters. The van der Waals surface area contributed by atoms with Gasteiger partial charge in [0.1, 0.15) is 23.8 Å². The lowest BCUT2D eigenvalue weighted by atomic mass is 9.83. The summed E-state index contributed by atoms with van der Waals surface area (Å²) in [5.74, 6) is -3.36. The van der Waals surface area contributed by atoms with E-state index in [2.05, 4.69) is 31.2 Å². The topological polar surface area (TPSA) is 180 Å². The van der Waals surface area contributed by atoms with Crippen LogP contribution in [-0.4, -0.2) is 86.9 Å². The van der Waals surface area contributed by atoms with E-state index < -0.39 is 53.6 Å². The molecule has 49 heavy (non-hydrogen) atoms. The highest BCUT2D eigenvalue weighted by atomic mass is 16.2. The number of aromatic nitrogens is 2. The summed E-state index contributed by atoms with van der Waals surface area (Å²) in [6, 6.07) is -3.57. The van der Waals surface area contributed by atoms with Gasteiger partial charge in [-0.25, -0.2) is 4.98 Å². The quantitative estimate of drug-likeness (QED) is 0.204.